The highest BCUT2D eigenvalue weighted by Crippen LogP contribution is 2.74. The van der Waals surface area contributed by atoms with Crippen LogP contribution in [0.2, 0.25) is 0 Å². The Morgan fingerprint density at radius 1 is 0.976 bits per heavy atom. The van der Waals surface area contributed by atoms with Crippen LogP contribution < -0.4 is 10.5 Å². The van der Waals surface area contributed by atoms with Crippen LogP contribution in [-0.2, 0) is 0 Å². The first-order chi connectivity index (χ1) is 20.1. The summed E-state index contributed by atoms with van der Waals surface area (Å²) in [6.07, 6.45) is 23.8. The van der Waals surface area contributed by atoms with E-state index in [0.29, 0.717) is 46.1 Å². The largest absolute Gasteiger partial charge is 0.476 e. The summed E-state index contributed by atoms with van der Waals surface area (Å²) in [5, 5.41) is 9.35. The Balaban J connectivity index is 1.07. The lowest BCUT2D eigenvalue weighted by atomic mass is 9.34. The monoisotopic (exact) mass is 567 g/mol. The van der Waals surface area contributed by atoms with Gasteiger partial charge in [0.05, 0.1) is 6.61 Å². The summed E-state index contributed by atoms with van der Waals surface area (Å²) in [5.74, 6) is 4.81. The molecule has 10 atom stereocenters. The number of nitriles is 1. The van der Waals surface area contributed by atoms with Crippen molar-refractivity contribution in [2.24, 2.45) is 57.5 Å². The third-order valence-corrected chi connectivity index (χ3v) is 14.9. The number of nitrogens with zero attached hydrogens (tertiary/aromatic N) is 2. The number of rotatable bonds is 4. The van der Waals surface area contributed by atoms with E-state index in [9.17, 15) is 5.26 Å². The molecule has 1 heterocycles. The molecular formula is C38H53N3O. The van der Waals surface area contributed by atoms with Gasteiger partial charge >= 0.3 is 0 Å². The molecule has 42 heavy (non-hydrogen) atoms. The fraction of sp³-hybridized carbons (Fsp3) is 0.737. The summed E-state index contributed by atoms with van der Waals surface area (Å²) in [5.41, 5.74) is 12.3. The average molecular weight is 568 g/mol. The lowest BCUT2D eigenvalue weighted by molar-refractivity contribution is -0.210. The molecule has 0 radical (unpaired) electrons. The molecule has 0 aromatic carbocycles. The number of fused-ring (bicyclic) bond motifs is 7. The van der Waals surface area contributed by atoms with E-state index in [0.717, 1.165) is 42.9 Å². The Hall–Kier alpha value is -2.12. The molecule has 0 bridgehead atoms. The number of hydrogen-bond donors (Lipinski definition) is 1. The van der Waals surface area contributed by atoms with Crippen molar-refractivity contribution < 1.29 is 4.74 Å². The first-order valence-electron chi connectivity index (χ1n) is 17.3. The molecule has 0 aliphatic heterocycles. The molecule has 2 N–H and O–H groups in total. The van der Waals surface area contributed by atoms with E-state index in [1.165, 1.54) is 64.2 Å². The molecule has 0 amide bonds. The average Bonchev–Trinajstić information content (AvgIpc) is 3.39. The molecule has 0 spiro atoms. The smallest absolute Gasteiger partial charge is 0.231 e. The molecule has 9 unspecified atom stereocenters. The summed E-state index contributed by atoms with van der Waals surface area (Å²) >= 11 is 0. The molecule has 4 saturated carbocycles. The van der Waals surface area contributed by atoms with E-state index in [-0.39, 0.29) is 5.54 Å². The van der Waals surface area contributed by atoms with Gasteiger partial charge in [0.25, 0.3) is 0 Å². The zero-order chi connectivity index (χ0) is 29.3. The van der Waals surface area contributed by atoms with Crippen molar-refractivity contribution in [1.82, 2.24) is 4.98 Å². The number of nitrogens with two attached hydrogens (primary N) is 1. The minimum Gasteiger partial charge on any atom is -0.476 e. The highest BCUT2D eigenvalue weighted by Gasteiger charge is 2.68. The molecule has 226 valence electrons. The molecule has 4 nitrogen and oxygen atoms in total. The Morgan fingerprint density at radius 3 is 2.62 bits per heavy atom. The van der Waals surface area contributed by atoms with Gasteiger partial charge in [0.1, 0.15) is 11.6 Å². The Bertz CT molecular complexity index is 1330. The Kier molecular flexibility index (Phi) is 6.97. The first kappa shape index (κ1) is 28.6. The van der Waals surface area contributed by atoms with Crippen LogP contribution in [0.15, 0.2) is 41.6 Å². The van der Waals surface area contributed by atoms with Crippen LogP contribution in [0.5, 0.6) is 5.88 Å². The Labute approximate surface area is 254 Å². The van der Waals surface area contributed by atoms with E-state index >= 15 is 0 Å². The van der Waals surface area contributed by atoms with Gasteiger partial charge in [0.2, 0.25) is 5.88 Å². The predicted octanol–water partition coefficient (Wildman–Crippen LogP) is 8.77. The van der Waals surface area contributed by atoms with Crippen molar-refractivity contribution in [2.45, 2.75) is 117 Å². The zero-order valence-electron chi connectivity index (χ0n) is 26.6. The van der Waals surface area contributed by atoms with Crippen molar-refractivity contribution in [3.05, 3.63) is 47.2 Å². The lowest BCUT2D eigenvalue weighted by Crippen LogP contribution is -2.66. The second-order valence-corrected chi connectivity index (χ2v) is 16.3. The Morgan fingerprint density at radius 2 is 1.83 bits per heavy atom. The SMILES string of the molecule is CC1C(C2=CCC(COc3ncccc3C#N)CC2)=CCC2(C)C1CCC1(C)C2CCC2C3CCCC3(N)CC[C@]21C. The number of hydrogen-bond acceptors (Lipinski definition) is 4. The second kappa shape index (κ2) is 10.2. The van der Waals surface area contributed by atoms with Crippen molar-refractivity contribution in [1.29, 1.82) is 5.26 Å². The summed E-state index contributed by atoms with van der Waals surface area (Å²) in [6, 6.07) is 5.77. The molecule has 6 aliphatic carbocycles. The predicted molar refractivity (Wildman–Crippen MR) is 168 cm³/mol. The van der Waals surface area contributed by atoms with Gasteiger partial charge < -0.3 is 10.5 Å². The number of ether oxygens (including phenoxy) is 1. The van der Waals surface area contributed by atoms with Crippen LogP contribution in [0.3, 0.4) is 0 Å². The van der Waals surface area contributed by atoms with Crippen molar-refractivity contribution in [3.63, 3.8) is 0 Å². The molecule has 1 aromatic heterocycles. The minimum atomic E-state index is 0.141. The summed E-state index contributed by atoms with van der Waals surface area (Å²) in [6.45, 7) is 11.4. The van der Waals surface area contributed by atoms with Gasteiger partial charge in [-0.2, -0.15) is 5.26 Å². The maximum absolute atomic E-state index is 9.35. The summed E-state index contributed by atoms with van der Waals surface area (Å²) < 4.78 is 6.00. The summed E-state index contributed by atoms with van der Waals surface area (Å²) in [4.78, 5) is 4.28. The van der Waals surface area contributed by atoms with Gasteiger partial charge in [0.15, 0.2) is 0 Å². The van der Waals surface area contributed by atoms with Crippen molar-refractivity contribution in [2.75, 3.05) is 6.61 Å². The van der Waals surface area contributed by atoms with Gasteiger partial charge in [-0.05, 0) is 152 Å². The van der Waals surface area contributed by atoms with Gasteiger partial charge in [-0.1, -0.05) is 46.3 Å². The molecule has 7 rings (SSSR count). The quantitative estimate of drug-likeness (QED) is 0.395. The van der Waals surface area contributed by atoms with Crippen LogP contribution in [0, 0.1) is 63.1 Å². The molecular weight excluding hydrogens is 514 g/mol. The maximum atomic E-state index is 9.35. The third kappa shape index (κ3) is 4.12. The fourth-order valence-electron chi connectivity index (χ4n) is 12.4. The highest BCUT2D eigenvalue weighted by molar-refractivity contribution is 5.39. The maximum Gasteiger partial charge on any atom is 0.231 e. The normalized spacial score (nSPS) is 46.2. The van der Waals surface area contributed by atoms with Crippen molar-refractivity contribution in [3.8, 4) is 11.9 Å². The van der Waals surface area contributed by atoms with Gasteiger partial charge in [-0.25, -0.2) is 4.98 Å². The molecule has 0 saturated heterocycles. The van der Waals surface area contributed by atoms with Gasteiger partial charge in [0, 0.05) is 11.7 Å². The number of aromatic nitrogens is 1. The van der Waals surface area contributed by atoms with Crippen LogP contribution in [0.1, 0.15) is 117 Å². The highest BCUT2D eigenvalue weighted by atomic mass is 16.5. The van der Waals surface area contributed by atoms with Crippen LogP contribution in [0.4, 0.5) is 0 Å². The van der Waals surface area contributed by atoms with E-state index in [1.54, 1.807) is 29.5 Å². The first-order valence-corrected chi connectivity index (χ1v) is 17.3. The molecule has 1 aromatic rings. The lowest BCUT2D eigenvalue weighted by Gasteiger charge is -2.71. The van der Waals surface area contributed by atoms with E-state index < -0.39 is 0 Å². The molecule has 4 fully saturated rings. The van der Waals surface area contributed by atoms with Crippen LogP contribution in [0.25, 0.3) is 0 Å². The van der Waals surface area contributed by atoms with Crippen LogP contribution >= 0.6 is 0 Å². The minimum absolute atomic E-state index is 0.141. The second-order valence-electron chi connectivity index (χ2n) is 16.3. The molecule has 4 heteroatoms. The molecule has 6 aliphatic rings. The standard InChI is InChI=1S/C38H53N3O/c1-25-29(27-11-9-26(10-12-27)24-42-34-28(23-39)7-6-22-41-34)15-18-35(2)30(25)16-19-37(4)33(35)14-13-31-32-8-5-17-38(32,40)21-20-36(31,37)3/h6-7,11,15,22,25-26,30-33H,5,8-10,12-14,16-21,24,40H2,1-4H3/t25?,26?,30?,31?,32?,33?,35?,36-,37?,38?/m1/s1. The van der Waals surface area contributed by atoms with E-state index in [2.05, 4.69) is 50.9 Å². The number of pyridine rings is 1. The third-order valence-electron chi connectivity index (χ3n) is 14.9. The zero-order valence-corrected chi connectivity index (χ0v) is 26.6. The van der Waals surface area contributed by atoms with E-state index in [4.69, 9.17) is 10.5 Å². The summed E-state index contributed by atoms with van der Waals surface area (Å²) in [7, 11) is 0. The van der Waals surface area contributed by atoms with E-state index in [1.807, 2.05) is 0 Å². The fourth-order valence-corrected chi connectivity index (χ4v) is 12.4. The van der Waals surface area contributed by atoms with Gasteiger partial charge in [-0.3, -0.25) is 0 Å². The van der Waals surface area contributed by atoms with Crippen LogP contribution in [-0.4, -0.2) is 17.1 Å². The van der Waals surface area contributed by atoms with Crippen molar-refractivity contribution >= 4 is 0 Å². The number of allylic oxidation sites excluding steroid dienone is 4. The topological polar surface area (TPSA) is 71.9 Å². The van der Waals surface area contributed by atoms with Gasteiger partial charge in [-0.15, -0.1) is 0 Å².